The molecule has 1 aliphatic rings. The number of para-hydroxylation sites is 1. The van der Waals surface area contributed by atoms with Gasteiger partial charge in [-0.1, -0.05) is 59.2 Å². The van der Waals surface area contributed by atoms with Gasteiger partial charge in [-0.3, -0.25) is 14.6 Å². The lowest BCUT2D eigenvalue weighted by Gasteiger charge is -2.33. The highest BCUT2D eigenvalue weighted by Gasteiger charge is 2.20. The molecular weight excluding hydrogens is 388 g/mol. The fourth-order valence-corrected chi connectivity index (χ4v) is 3.60. The van der Waals surface area contributed by atoms with Crippen molar-refractivity contribution in [3.05, 3.63) is 71.4 Å². The van der Waals surface area contributed by atoms with Crippen molar-refractivity contribution < 1.29 is 9.32 Å². The minimum Gasteiger partial charge on any atom is -0.356 e. The van der Waals surface area contributed by atoms with Gasteiger partial charge in [0.2, 0.25) is 5.91 Å². The number of rotatable bonds is 6. The number of hydrogen-bond donors (Lipinski definition) is 1. The lowest BCUT2D eigenvalue weighted by molar-refractivity contribution is -0.117. The lowest BCUT2D eigenvalue weighted by Crippen LogP contribution is -2.48. The first-order valence-corrected chi connectivity index (χ1v) is 10.1. The van der Waals surface area contributed by atoms with Crippen LogP contribution in [0.2, 0.25) is 5.02 Å². The van der Waals surface area contributed by atoms with Crippen LogP contribution in [0.5, 0.6) is 0 Å². The zero-order valence-electron chi connectivity index (χ0n) is 16.1. The maximum atomic E-state index is 12.3. The highest BCUT2D eigenvalue weighted by Crippen LogP contribution is 2.21. The van der Waals surface area contributed by atoms with Crippen molar-refractivity contribution >= 4 is 23.2 Å². The quantitative estimate of drug-likeness (QED) is 0.670. The molecule has 150 valence electrons. The third-order valence-electron chi connectivity index (χ3n) is 4.98. The van der Waals surface area contributed by atoms with Crippen LogP contribution in [0.3, 0.4) is 0 Å². The average Bonchev–Trinajstić information content (AvgIpc) is 3.20. The molecule has 0 bridgehead atoms. The van der Waals surface area contributed by atoms with E-state index in [2.05, 4.69) is 20.3 Å². The molecule has 0 spiro atoms. The van der Waals surface area contributed by atoms with Crippen molar-refractivity contribution in [3.8, 4) is 11.3 Å². The molecule has 2 aromatic carbocycles. The lowest BCUT2D eigenvalue weighted by atomic mass is 10.1. The van der Waals surface area contributed by atoms with Crippen LogP contribution in [0.4, 0.5) is 5.69 Å². The summed E-state index contributed by atoms with van der Waals surface area (Å²) in [6.07, 6.45) is 0. The van der Waals surface area contributed by atoms with E-state index in [1.807, 2.05) is 48.5 Å². The molecular formula is C22H23ClN4O2. The Kier molecular flexibility index (Phi) is 6.24. The summed E-state index contributed by atoms with van der Waals surface area (Å²) in [6, 6.07) is 19.2. The average molecular weight is 411 g/mol. The van der Waals surface area contributed by atoms with Crippen LogP contribution in [0.25, 0.3) is 11.3 Å². The molecule has 0 aliphatic carbocycles. The Morgan fingerprint density at radius 1 is 1.00 bits per heavy atom. The minimum atomic E-state index is -0.0458. The number of carbonyl (C=O) groups is 1. The smallest absolute Gasteiger partial charge is 0.238 e. The number of piperazine rings is 1. The molecule has 6 nitrogen and oxygen atoms in total. The molecule has 4 rings (SSSR count). The predicted octanol–water partition coefficient (Wildman–Crippen LogP) is 3.75. The Hall–Kier alpha value is -2.67. The number of hydrogen-bond acceptors (Lipinski definition) is 5. The topological polar surface area (TPSA) is 61.6 Å². The summed E-state index contributed by atoms with van der Waals surface area (Å²) < 4.78 is 5.48. The van der Waals surface area contributed by atoms with E-state index >= 15 is 0 Å². The Balaban J connectivity index is 1.24. The van der Waals surface area contributed by atoms with E-state index in [0.717, 1.165) is 49.7 Å². The number of carbonyl (C=O) groups excluding carboxylic acids is 1. The van der Waals surface area contributed by atoms with Crippen molar-refractivity contribution in [2.75, 3.05) is 38.0 Å². The summed E-state index contributed by atoms with van der Waals surface area (Å²) in [7, 11) is 0. The van der Waals surface area contributed by atoms with Crippen molar-refractivity contribution in [2.24, 2.45) is 0 Å². The molecule has 1 N–H and O–H groups in total. The summed E-state index contributed by atoms with van der Waals surface area (Å²) >= 11 is 6.10. The van der Waals surface area contributed by atoms with Crippen LogP contribution in [0, 0.1) is 0 Å². The van der Waals surface area contributed by atoms with Gasteiger partial charge in [0.15, 0.2) is 5.76 Å². The zero-order chi connectivity index (χ0) is 20.1. The molecule has 2 heterocycles. The highest BCUT2D eigenvalue weighted by molar-refractivity contribution is 6.33. The Morgan fingerprint density at radius 2 is 1.69 bits per heavy atom. The van der Waals surface area contributed by atoms with Crippen LogP contribution in [0.1, 0.15) is 5.69 Å². The summed E-state index contributed by atoms with van der Waals surface area (Å²) in [4.78, 5) is 16.8. The molecule has 1 aromatic heterocycles. The maximum absolute atomic E-state index is 12.3. The van der Waals surface area contributed by atoms with Crippen molar-refractivity contribution in [2.45, 2.75) is 6.54 Å². The van der Waals surface area contributed by atoms with Gasteiger partial charge in [0.05, 0.1) is 22.9 Å². The van der Waals surface area contributed by atoms with E-state index in [-0.39, 0.29) is 5.91 Å². The summed E-state index contributed by atoms with van der Waals surface area (Å²) in [5.41, 5.74) is 2.60. The standard InChI is InChI=1S/C22H23ClN4O2/c23-19-8-4-5-9-20(19)24-22(28)16-27-12-10-26(11-13-27)15-18-14-21(29-25-18)17-6-2-1-3-7-17/h1-9,14H,10-13,15-16H2,(H,24,28). The first kappa shape index (κ1) is 19.6. The zero-order valence-corrected chi connectivity index (χ0v) is 16.8. The number of nitrogens with one attached hydrogen (secondary N) is 1. The molecule has 7 heteroatoms. The summed E-state index contributed by atoms with van der Waals surface area (Å²) in [5, 5.41) is 7.63. The minimum absolute atomic E-state index is 0.0458. The largest absolute Gasteiger partial charge is 0.356 e. The second-order valence-electron chi connectivity index (χ2n) is 7.13. The maximum Gasteiger partial charge on any atom is 0.238 e. The van der Waals surface area contributed by atoms with E-state index in [9.17, 15) is 4.79 Å². The SMILES string of the molecule is O=C(CN1CCN(Cc2cc(-c3ccccc3)on2)CC1)Nc1ccccc1Cl. The van der Waals surface area contributed by atoms with Gasteiger partial charge in [-0.15, -0.1) is 0 Å². The molecule has 0 radical (unpaired) electrons. The molecule has 0 unspecified atom stereocenters. The van der Waals surface area contributed by atoms with Crippen molar-refractivity contribution in [1.29, 1.82) is 0 Å². The van der Waals surface area contributed by atoms with E-state index < -0.39 is 0 Å². The molecule has 3 aromatic rings. The number of benzene rings is 2. The molecule has 0 atom stereocenters. The molecule has 1 saturated heterocycles. The Morgan fingerprint density at radius 3 is 2.45 bits per heavy atom. The third kappa shape index (κ3) is 5.23. The van der Waals surface area contributed by atoms with Gasteiger partial charge in [-0.2, -0.15) is 0 Å². The number of amides is 1. The van der Waals surface area contributed by atoms with Gasteiger partial charge in [0.1, 0.15) is 0 Å². The fraction of sp³-hybridized carbons (Fsp3) is 0.273. The summed E-state index contributed by atoms with van der Waals surface area (Å²) in [6.45, 7) is 4.54. The van der Waals surface area contributed by atoms with Crippen LogP contribution in [-0.4, -0.2) is 53.6 Å². The van der Waals surface area contributed by atoms with E-state index in [4.69, 9.17) is 16.1 Å². The van der Waals surface area contributed by atoms with E-state index in [1.165, 1.54) is 0 Å². The van der Waals surface area contributed by atoms with Crippen LogP contribution < -0.4 is 5.32 Å². The fourth-order valence-electron chi connectivity index (χ4n) is 3.41. The van der Waals surface area contributed by atoms with Gasteiger partial charge < -0.3 is 9.84 Å². The Labute approximate surface area is 175 Å². The first-order valence-electron chi connectivity index (χ1n) is 9.67. The number of nitrogens with zero attached hydrogens (tertiary/aromatic N) is 3. The molecule has 1 fully saturated rings. The van der Waals surface area contributed by atoms with Gasteiger partial charge in [-0.25, -0.2) is 0 Å². The van der Waals surface area contributed by atoms with Crippen molar-refractivity contribution in [3.63, 3.8) is 0 Å². The van der Waals surface area contributed by atoms with Gasteiger partial charge in [0, 0.05) is 44.4 Å². The van der Waals surface area contributed by atoms with E-state index in [0.29, 0.717) is 17.3 Å². The third-order valence-corrected chi connectivity index (χ3v) is 5.31. The monoisotopic (exact) mass is 410 g/mol. The first-order chi connectivity index (χ1) is 14.2. The van der Waals surface area contributed by atoms with Gasteiger partial charge >= 0.3 is 0 Å². The Bertz CT molecular complexity index is 952. The van der Waals surface area contributed by atoms with E-state index in [1.54, 1.807) is 12.1 Å². The molecule has 1 aliphatic heterocycles. The van der Waals surface area contributed by atoms with Crippen molar-refractivity contribution in [1.82, 2.24) is 15.0 Å². The second-order valence-corrected chi connectivity index (χ2v) is 7.54. The number of aromatic nitrogens is 1. The highest BCUT2D eigenvalue weighted by atomic mass is 35.5. The molecule has 1 amide bonds. The number of halogens is 1. The summed E-state index contributed by atoms with van der Waals surface area (Å²) in [5.74, 6) is 0.742. The van der Waals surface area contributed by atoms with Crippen LogP contribution in [0.15, 0.2) is 65.2 Å². The second kappa shape index (κ2) is 9.22. The molecule has 29 heavy (non-hydrogen) atoms. The van der Waals surface area contributed by atoms with Crippen LogP contribution in [-0.2, 0) is 11.3 Å². The van der Waals surface area contributed by atoms with Gasteiger partial charge in [0.25, 0.3) is 0 Å². The van der Waals surface area contributed by atoms with Gasteiger partial charge in [-0.05, 0) is 12.1 Å². The normalized spacial score (nSPS) is 15.3. The molecule has 0 saturated carbocycles. The van der Waals surface area contributed by atoms with Crippen LogP contribution >= 0.6 is 11.6 Å². The predicted molar refractivity (Wildman–Crippen MR) is 114 cm³/mol. The number of anilines is 1.